The van der Waals surface area contributed by atoms with Crippen LogP contribution in [0.5, 0.6) is 5.75 Å². The van der Waals surface area contributed by atoms with Gasteiger partial charge >= 0.3 is 0 Å². The minimum Gasteiger partial charge on any atom is -0.493 e. The molecule has 0 aliphatic heterocycles. The largest absolute Gasteiger partial charge is 0.493 e. The van der Waals surface area contributed by atoms with Gasteiger partial charge in [-0.15, -0.1) is 0 Å². The van der Waals surface area contributed by atoms with Crippen LogP contribution in [0.3, 0.4) is 0 Å². The highest BCUT2D eigenvalue weighted by atomic mass is 16.5. The normalized spacial score (nSPS) is 10.8. The van der Waals surface area contributed by atoms with E-state index < -0.39 is 0 Å². The van der Waals surface area contributed by atoms with Crippen molar-refractivity contribution in [3.63, 3.8) is 0 Å². The van der Waals surface area contributed by atoms with Crippen molar-refractivity contribution in [3.05, 3.63) is 101 Å². The van der Waals surface area contributed by atoms with E-state index in [1.807, 2.05) is 54.6 Å². The van der Waals surface area contributed by atoms with Gasteiger partial charge in [0.25, 0.3) is 0 Å². The number of benzene rings is 3. The van der Waals surface area contributed by atoms with Crippen LogP contribution in [0.1, 0.15) is 5.56 Å². The maximum atomic E-state index is 12.7. The third-order valence-corrected chi connectivity index (χ3v) is 4.33. The predicted molar refractivity (Wildman–Crippen MR) is 104 cm³/mol. The second kappa shape index (κ2) is 7.28. The third kappa shape index (κ3) is 3.38. The summed E-state index contributed by atoms with van der Waals surface area (Å²) in [6, 6.07) is 25.1. The standard InChI is InChI=1S/C23H18O3/c24-23-20-12-11-19(25-14-13-17-7-3-1-4-8-17)15-22(20)26-16-21(23)18-9-5-2-6-10-18/h1-12,15-16H,13-14H2. The summed E-state index contributed by atoms with van der Waals surface area (Å²) in [6.45, 7) is 0.571. The zero-order valence-electron chi connectivity index (χ0n) is 14.2. The lowest BCUT2D eigenvalue weighted by Gasteiger charge is -2.08. The monoisotopic (exact) mass is 342 g/mol. The van der Waals surface area contributed by atoms with E-state index >= 15 is 0 Å². The third-order valence-electron chi connectivity index (χ3n) is 4.33. The fraction of sp³-hybridized carbons (Fsp3) is 0.0870. The SMILES string of the molecule is O=c1c(-c2ccccc2)coc2cc(OCCc3ccccc3)ccc12. The average Bonchev–Trinajstić information content (AvgIpc) is 2.70. The molecule has 0 radical (unpaired) electrons. The van der Waals surface area contributed by atoms with Crippen LogP contribution in [0.4, 0.5) is 0 Å². The molecule has 0 atom stereocenters. The quantitative estimate of drug-likeness (QED) is 0.508. The maximum absolute atomic E-state index is 12.7. The van der Waals surface area contributed by atoms with E-state index in [2.05, 4.69) is 12.1 Å². The van der Waals surface area contributed by atoms with Crippen LogP contribution in [0, 0.1) is 0 Å². The first-order valence-corrected chi connectivity index (χ1v) is 8.59. The van der Waals surface area contributed by atoms with Crippen LogP contribution in [-0.2, 0) is 6.42 Å². The van der Waals surface area contributed by atoms with Crippen molar-refractivity contribution in [1.82, 2.24) is 0 Å². The molecule has 4 aromatic rings. The van der Waals surface area contributed by atoms with Crippen molar-refractivity contribution in [2.75, 3.05) is 6.61 Å². The zero-order chi connectivity index (χ0) is 17.8. The number of fused-ring (bicyclic) bond motifs is 1. The first-order chi connectivity index (χ1) is 12.8. The Hall–Kier alpha value is -3.33. The van der Waals surface area contributed by atoms with E-state index in [4.69, 9.17) is 9.15 Å². The minimum atomic E-state index is -0.0340. The Kier molecular flexibility index (Phi) is 4.52. The number of ether oxygens (including phenoxy) is 1. The molecule has 3 aromatic carbocycles. The molecule has 0 bridgehead atoms. The first-order valence-electron chi connectivity index (χ1n) is 8.59. The molecular formula is C23H18O3. The Balaban J connectivity index is 1.55. The van der Waals surface area contributed by atoms with E-state index in [-0.39, 0.29) is 5.43 Å². The van der Waals surface area contributed by atoms with Crippen LogP contribution in [0.2, 0.25) is 0 Å². The van der Waals surface area contributed by atoms with Gasteiger partial charge in [-0.3, -0.25) is 4.79 Å². The smallest absolute Gasteiger partial charge is 0.200 e. The molecular weight excluding hydrogens is 324 g/mol. The van der Waals surface area contributed by atoms with Gasteiger partial charge in [-0.2, -0.15) is 0 Å². The van der Waals surface area contributed by atoms with Crippen molar-refractivity contribution in [2.24, 2.45) is 0 Å². The van der Waals surface area contributed by atoms with Gasteiger partial charge in [-0.1, -0.05) is 60.7 Å². The molecule has 0 aliphatic carbocycles. The Bertz CT molecular complexity index is 1070. The van der Waals surface area contributed by atoms with Gasteiger partial charge in [0, 0.05) is 12.5 Å². The molecule has 0 spiro atoms. The van der Waals surface area contributed by atoms with E-state index in [1.165, 1.54) is 11.8 Å². The van der Waals surface area contributed by atoms with Gasteiger partial charge < -0.3 is 9.15 Å². The summed E-state index contributed by atoms with van der Waals surface area (Å²) in [6.07, 6.45) is 2.35. The number of hydrogen-bond acceptors (Lipinski definition) is 3. The molecule has 0 fully saturated rings. The van der Waals surface area contributed by atoms with Crippen LogP contribution >= 0.6 is 0 Å². The Morgan fingerprint density at radius 3 is 2.35 bits per heavy atom. The topological polar surface area (TPSA) is 39.4 Å². The van der Waals surface area contributed by atoms with E-state index in [1.54, 1.807) is 12.1 Å². The summed E-state index contributed by atoms with van der Waals surface area (Å²) in [5.41, 5.74) is 3.15. The van der Waals surface area contributed by atoms with Gasteiger partial charge in [0.05, 0.1) is 17.6 Å². The number of rotatable bonds is 5. The second-order valence-electron chi connectivity index (χ2n) is 6.09. The van der Waals surface area contributed by atoms with Gasteiger partial charge in [-0.25, -0.2) is 0 Å². The summed E-state index contributed by atoms with van der Waals surface area (Å²) in [4.78, 5) is 12.7. The lowest BCUT2D eigenvalue weighted by atomic mass is 10.1. The highest BCUT2D eigenvalue weighted by molar-refractivity contribution is 5.82. The highest BCUT2D eigenvalue weighted by Crippen LogP contribution is 2.23. The van der Waals surface area contributed by atoms with Crippen LogP contribution in [0.15, 0.2) is 94.3 Å². The van der Waals surface area contributed by atoms with E-state index in [0.717, 1.165) is 12.0 Å². The van der Waals surface area contributed by atoms with Gasteiger partial charge in [0.15, 0.2) is 5.43 Å². The fourth-order valence-electron chi connectivity index (χ4n) is 2.95. The zero-order valence-corrected chi connectivity index (χ0v) is 14.2. The second-order valence-corrected chi connectivity index (χ2v) is 6.09. The molecule has 128 valence electrons. The van der Waals surface area contributed by atoms with Crippen molar-refractivity contribution in [3.8, 4) is 16.9 Å². The Labute approximate surface area is 151 Å². The molecule has 1 heterocycles. The molecule has 4 rings (SSSR count). The molecule has 0 saturated heterocycles. The van der Waals surface area contributed by atoms with Crippen molar-refractivity contribution in [2.45, 2.75) is 6.42 Å². The minimum absolute atomic E-state index is 0.0340. The Morgan fingerprint density at radius 1 is 0.846 bits per heavy atom. The lowest BCUT2D eigenvalue weighted by Crippen LogP contribution is -2.05. The molecule has 0 amide bonds. The molecule has 26 heavy (non-hydrogen) atoms. The van der Waals surface area contributed by atoms with Gasteiger partial charge in [0.2, 0.25) is 0 Å². The van der Waals surface area contributed by atoms with Crippen LogP contribution < -0.4 is 10.2 Å². The molecule has 3 heteroatoms. The molecule has 0 saturated carbocycles. The maximum Gasteiger partial charge on any atom is 0.200 e. The van der Waals surface area contributed by atoms with Gasteiger partial charge in [-0.05, 0) is 23.3 Å². The highest BCUT2D eigenvalue weighted by Gasteiger charge is 2.09. The van der Waals surface area contributed by atoms with Crippen molar-refractivity contribution < 1.29 is 9.15 Å². The summed E-state index contributed by atoms with van der Waals surface area (Å²) in [7, 11) is 0. The molecule has 3 nitrogen and oxygen atoms in total. The molecule has 1 aromatic heterocycles. The van der Waals surface area contributed by atoms with Gasteiger partial charge in [0.1, 0.15) is 17.6 Å². The molecule has 0 N–H and O–H groups in total. The predicted octanol–water partition coefficient (Wildman–Crippen LogP) is 5.08. The Morgan fingerprint density at radius 2 is 1.58 bits per heavy atom. The average molecular weight is 342 g/mol. The van der Waals surface area contributed by atoms with Crippen LogP contribution in [0.25, 0.3) is 22.1 Å². The van der Waals surface area contributed by atoms with Crippen molar-refractivity contribution >= 4 is 11.0 Å². The lowest BCUT2D eigenvalue weighted by molar-refractivity contribution is 0.322. The number of hydrogen-bond donors (Lipinski definition) is 0. The summed E-state index contributed by atoms with van der Waals surface area (Å²) in [5.74, 6) is 0.698. The summed E-state index contributed by atoms with van der Waals surface area (Å²) >= 11 is 0. The molecule has 0 unspecified atom stereocenters. The molecule has 0 aliphatic rings. The summed E-state index contributed by atoms with van der Waals surface area (Å²) < 4.78 is 11.5. The summed E-state index contributed by atoms with van der Waals surface area (Å²) in [5, 5.41) is 0.557. The van der Waals surface area contributed by atoms with Crippen LogP contribution in [-0.4, -0.2) is 6.61 Å². The van der Waals surface area contributed by atoms with E-state index in [9.17, 15) is 4.79 Å². The fourth-order valence-corrected chi connectivity index (χ4v) is 2.95. The van der Waals surface area contributed by atoms with E-state index in [0.29, 0.717) is 28.9 Å². The van der Waals surface area contributed by atoms with Crippen molar-refractivity contribution in [1.29, 1.82) is 0 Å². The first kappa shape index (κ1) is 16.2.